The van der Waals surface area contributed by atoms with Gasteiger partial charge in [-0.3, -0.25) is 19.6 Å². The van der Waals surface area contributed by atoms with E-state index in [2.05, 4.69) is 57.0 Å². The molecule has 33 heavy (non-hydrogen) atoms. The number of hydrogen-bond acceptors (Lipinski definition) is 6. The van der Waals surface area contributed by atoms with Crippen molar-refractivity contribution in [2.24, 2.45) is 0 Å². The molecule has 0 amide bonds. The summed E-state index contributed by atoms with van der Waals surface area (Å²) >= 11 is 0. The molecule has 4 rings (SSSR count). The van der Waals surface area contributed by atoms with E-state index in [1.54, 1.807) is 0 Å². The molecule has 2 aliphatic heterocycles. The maximum atomic E-state index is 9.79. The first-order valence-corrected chi connectivity index (χ1v) is 11.1. The van der Waals surface area contributed by atoms with E-state index in [9.17, 15) is 9.59 Å². The van der Waals surface area contributed by atoms with Crippen LogP contribution in [0.2, 0.25) is 0 Å². The summed E-state index contributed by atoms with van der Waals surface area (Å²) in [7, 11) is 0. The van der Waals surface area contributed by atoms with Gasteiger partial charge in [0.05, 0.1) is 0 Å². The summed E-state index contributed by atoms with van der Waals surface area (Å²) in [5, 5.41) is 22.9. The van der Waals surface area contributed by atoms with Gasteiger partial charge in [-0.05, 0) is 42.5 Å². The quantitative estimate of drug-likeness (QED) is 0.490. The third-order valence-corrected chi connectivity index (χ3v) is 5.00. The van der Waals surface area contributed by atoms with E-state index in [0.29, 0.717) is 12.1 Å². The summed E-state index contributed by atoms with van der Waals surface area (Å²) in [4.78, 5) is 27.8. The predicted molar refractivity (Wildman–Crippen MR) is 127 cm³/mol. The lowest BCUT2D eigenvalue weighted by Crippen LogP contribution is -2.23. The van der Waals surface area contributed by atoms with Gasteiger partial charge in [0.25, 0.3) is 0 Å². The predicted octanol–water partition coefficient (Wildman–Crippen LogP) is 3.67. The number of rotatable bonds is 6. The van der Waals surface area contributed by atoms with Crippen LogP contribution in [0.5, 0.6) is 0 Å². The molecular weight excluding hydrogens is 420 g/mol. The van der Waals surface area contributed by atoms with Crippen molar-refractivity contribution in [1.29, 1.82) is 0 Å². The Bertz CT molecular complexity index is 814. The van der Waals surface area contributed by atoms with E-state index < -0.39 is 11.9 Å². The third kappa shape index (κ3) is 11.2. The smallest absolute Gasteiger partial charge is 0.303 e. The molecule has 8 nitrogen and oxygen atoms in total. The summed E-state index contributed by atoms with van der Waals surface area (Å²) in [6.07, 6.45) is 18.5. The Hall–Kier alpha value is -3.36. The minimum atomic E-state index is -0.948. The van der Waals surface area contributed by atoms with Crippen molar-refractivity contribution >= 4 is 11.9 Å². The number of hydrogen-bond donors (Lipinski definition) is 4. The number of aromatic nitrogens is 2. The molecule has 0 bridgehead atoms. The molecule has 0 saturated carbocycles. The van der Waals surface area contributed by atoms with Crippen LogP contribution in [0, 0.1) is 0 Å². The number of carbonyl (C=O) groups is 2. The van der Waals surface area contributed by atoms with Crippen molar-refractivity contribution in [2.45, 2.75) is 44.2 Å². The second-order valence-corrected chi connectivity index (χ2v) is 7.55. The highest BCUT2D eigenvalue weighted by molar-refractivity contribution is 5.69. The zero-order chi connectivity index (χ0) is 23.7. The van der Waals surface area contributed by atoms with Gasteiger partial charge in [0.1, 0.15) is 0 Å². The van der Waals surface area contributed by atoms with Crippen molar-refractivity contribution in [3.8, 4) is 0 Å². The summed E-state index contributed by atoms with van der Waals surface area (Å²) in [5.74, 6) is -1.90. The SMILES string of the molecule is C1=CCC(c2cccnc2)NC1.C1=CCC(c2cccnc2)NC1.O=C(O)CCCC(=O)O. The van der Waals surface area contributed by atoms with Crippen LogP contribution in [0.4, 0.5) is 0 Å². The Balaban J connectivity index is 0.000000178. The van der Waals surface area contributed by atoms with Gasteiger partial charge in [0.15, 0.2) is 0 Å². The molecule has 0 saturated heterocycles. The zero-order valence-electron chi connectivity index (χ0n) is 18.6. The minimum Gasteiger partial charge on any atom is -0.481 e. The number of carboxylic acid groups (broad SMARTS) is 2. The highest BCUT2D eigenvalue weighted by Crippen LogP contribution is 2.18. The molecule has 8 heteroatoms. The van der Waals surface area contributed by atoms with Crippen molar-refractivity contribution in [3.63, 3.8) is 0 Å². The lowest BCUT2D eigenvalue weighted by Gasteiger charge is -2.19. The molecule has 0 fully saturated rings. The Morgan fingerprint density at radius 1 is 0.788 bits per heavy atom. The molecule has 2 unspecified atom stereocenters. The van der Waals surface area contributed by atoms with E-state index in [1.807, 2.05) is 36.9 Å². The largest absolute Gasteiger partial charge is 0.481 e. The summed E-state index contributed by atoms with van der Waals surface area (Å²) < 4.78 is 0. The van der Waals surface area contributed by atoms with Crippen molar-refractivity contribution in [1.82, 2.24) is 20.6 Å². The summed E-state index contributed by atoms with van der Waals surface area (Å²) in [6.45, 7) is 1.94. The maximum absolute atomic E-state index is 9.79. The standard InChI is InChI=1S/2C10H12N2.C5H8O4/c2*1-2-7-12-10(5-1)9-4-3-6-11-8-9;6-4(7)2-1-3-5(8)9/h2*1-4,6,8,10,12H,5,7H2;1-3H2,(H,6,7)(H,8,9). The average Bonchev–Trinajstić information content (AvgIpc) is 2.87. The van der Waals surface area contributed by atoms with E-state index in [-0.39, 0.29) is 19.3 Å². The molecule has 4 N–H and O–H groups in total. The first-order valence-electron chi connectivity index (χ1n) is 11.1. The van der Waals surface area contributed by atoms with Gasteiger partial charge in [0.2, 0.25) is 0 Å². The van der Waals surface area contributed by atoms with Crippen LogP contribution in [-0.2, 0) is 9.59 Å². The third-order valence-electron chi connectivity index (χ3n) is 5.00. The number of aliphatic carboxylic acids is 2. The molecule has 0 aromatic carbocycles. The second kappa shape index (κ2) is 15.4. The molecule has 0 spiro atoms. The van der Waals surface area contributed by atoms with Crippen LogP contribution >= 0.6 is 0 Å². The molecule has 0 aliphatic carbocycles. The molecule has 4 heterocycles. The van der Waals surface area contributed by atoms with Gasteiger partial charge in [-0.1, -0.05) is 36.4 Å². The van der Waals surface area contributed by atoms with Gasteiger partial charge < -0.3 is 20.8 Å². The number of nitrogens with zero attached hydrogens (tertiary/aromatic N) is 2. The summed E-state index contributed by atoms with van der Waals surface area (Å²) in [5.41, 5.74) is 2.56. The second-order valence-electron chi connectivity index (χ2n) is 7.55. The Morgan fingerprint density at radius 2 is 1.24 bits per heavy atom. The normalized spacial score (nSPS) is 18.8. The molecule has 2 aromatic rings. The van der Waals surface area contributed by atoms with E-state index in [1.165, 1.54) is 11.1 Å². The fraction of sp³-hybridized carbons (Fsp3) is 0.360. The van der Waals surface area contributed by atoms with Crippen molar-refractivity contribution < 1.29 is 19.8 Å². The van der Waals surface area contributed by atoms with Gasteiger partial charge in [0, 0.05) is 62.8 Å². The maximum Gasteiger partial charge on any atom is 0.303 e. The number of carboxylic acids is 2. The molecular formula is C25H32N4O4. The van der Waals surface area contributed by atoms with Crippen LogP contribution in [0.1, 0.15) is 55.3 Å². The van der Waals surface area contributed by atoms with Crippen molar-refractivity contribution in [3.05, 3.63) is 84.5 Å². The van der Waals surface area contributed by atoms with E-state index in [0.717, 1.165) is 25.9 Å². The Kier molecular flexibility index (Phi) is 12.1. The summed E-state index contributed by atoms with van der Waals surface area (Å²) in [6, 6.07) is 9.12. The molecule has 2 aliphatic rings. The molecule has 176 valence electrons. The highest BCUT2D eigenvalue weighted by Gasteiger charge is 2.11. The highest BCUT2D eigenvalue weighted by atomic mass is 16.4. The average molecular weight is 453 g/mol. The van der Waals surface area contributed by atoms with Crippen LogP contribution in [0.3, 0.4) is 0 Å². The van der Waals surface area contributed by atoms with Crippen LogP contribution in [-0.4, -0.2) is 45.2 Å². The number of nitrogens with one attached hydrogen (secondary N) is 2. The Morgan fingerprint density at radius 3 is 1.55 bits per heavy atom. The first kappa shape index (κ1) is 25.9. The van der Waals surface area contributed by atoms with Gasteiger partial charge >= 0.3 is 11.9 Å². The minimum absolute atomic E-state index is 0.0632. The molecule has 0 radical (unpaired) electrons. The van der Waals surface area contributed by atoms with Crippen LogP contribution in [0.15, 0.2) is 73.4 Å². The Labute approximate surface area is 194 Å². The lowest BCUT2D eigenvalue weighted by atomic mass is 10.0. The van der Waals surface area contributed by atoms with Gasteiger partial charge in [-0.2, -0.15) is 0 Å². The van der Waals surface area contributed by atoms with E-state index >= 15 is 0 Å². The molecule has 2 atom stereocenters. The van der Waals surface area contributed by atoms with Crippen LogP contribution in [0.25, 0.3) is 0 Å². The number of pyridine rings is 2. The van der Waals surface area contributed by atoms with E-state index in [4.69, 9.17) is 10.2 Å². The first-order chi connectivity index (χ1) is 16.1. The van der Waals surface area contributed by atoms with Crippen molar-refractivity contribution in [2.75, 3.05) is 13.1 Å². The van der Waals surface area contributed by atoms with Crippen LogP contribution < -0.4 is 10.6 Å². The fourth-order valence-corrected chi connectivity index (χ4v) is 3.28. The fourth-order valence-electron chi connectivity index (χ4n) is 3.28. The monoisotopic (exact) mass is 452 g/mol. The lowest BCUT2D eigenvalue weighted by molar-refractivity contribution is -0.138. The topological polar surface area (TPSA) is 124 Å². The zero-order valence-corrected chi connectivity index (χ0v) is 18.6. The van der Waals surface area contributed by atoms with Gasteiger partial charge in [-0.15, -0.1) is 0 Å². The van der Waals surface area contributed by atoms with Gasteiger partial charge in [-0.25, -0.2) is 0 Å². The molecule has 2 aromatic heterocycles.